The van der Waals surface area contributed by atoms with E-state index in [1.165, 1.54) is 11.3 Å². The molecule has 2 aliphatic rings. The molecular formula is C16H20N4O2. The second kappa shape index (κ2) is 5.21. The van der Waals surface area contributed by atoms with Crippen LogP contribution in [0.1, 0.15) is 5.56 Å². The van der Waals surface area contributed by atoms with Crippen LogP contribution in [0.3, 0.4) is 0 Å². The van der Waals surface area contributed by atoms with Crippen LogP contribution in [0.2, 0.25) is 0 Å². The number of aryl methyl sites for hydroxylation is 1. The van der Waals surface area contributed by atoms with Gasteiger partial charge < -0.3 is 20.1 Å². The van der Waals surface area contributed by atoms with Crippen molar-refractivity contribution >= 4 is 11.4 Å². The minimum atomic E-state index is 0.702. The molecule has 4 rings (SSSR count). The van der Waals surface area contributed by atoms with E-state index >= 15 is 0 Å². The van der Waals surface area contributed by atoms with Crippen molar-refractivity contribution in [2.75, 3.05) is 43.5 Å². The summed E-state index contributed by atoms with van der Waals surface area (Å²) in [4.78, 5) is 2.39. The molecule has 1 aromatic heterocycles. The molecule has 3 heterocycles. The predicted molar refractivity (Wildman–Crippen MR) is 85.3 cm³/mol. The maximum atomic E-state index is 6.22. The molecule has 0 atom stereocenters. The van der Waals surface area contributed by atoms with Crippen molar-refractivity contribution in [2.24, 2.45) is 7.05 Å². The molecule has 1 fully saturated rings. The fourth-order valence-corrected chi connectivity index (χ4v) is 3.32. The number of ether oxygens (including phenoxy) is 2. The van der Waals surface area contributed by atoms with Crippen molar-refractivity contribution < 1.29 is 9.47 Å². The number of nitrogens with two attached hydrogens (primary N) is 1. The Labute approximate surface area is 129 Å². The highest BCUT2D eigenvalue weighted by atomic mass is 16.5. The molecule has 0 radical (unpaired) electrons. The van der Waals surface area contributed by atoms with Crippen molar-refractivity contribution in [1.82, 2.24) is 9.78 Å². The first-order valence-electron chi connectivity index (χ1n) is 7.64. The van der Waals surface area contributed by atoms with E-state index in [4.69, 9.17) is 15.2 Å². The molecule has 2 aliphatic heterocycles. The number of hydrogen-bond acceptors (Lipinski definition) is 5. The van der Waals surface area contributed by atoms with Gasteiger partial charge in [-0.3, -0.25) is 4.68 Å². The standard InChI is InChI=1S/C16H20N4O2/c1-19-10-11(9-18-19)13-8-14(17)16-12(2-5-22-16)15(13)20-3-6-21-7-4-20/h8-10H,2-7,17H2,1H3. The average Bonchev–Trinajstić information content (AvgIpc) is 3.17. The lowest BCUT2D eigenvalue weighted by atomic mass is 9.98. The minimum Gasteiger partial charge on any atom is -0.491 e. The number of benzene rings is 1. The first-order valence-corrected chi connectivity index (χ1v) is 7.64. The van der Waals surface area contributed by atoms with Crippen LogP contribution in [-0.4, -0.2) is 42.7 Å². The lowest BCUT2D eigenvalue weighted by Gasteiger charge is -2.32. The van der Waals surface area contributed by atoms with Gasteiger partial charge in [0.15, 0.2) is 0 Å². The number of rotatable bonds is 2. The molecule has 22 heavy (non-hydrogen) atoms. The van der Waals surface area contributed by atoms with Crippen molar-refractivity contribution in [3.8, 4) is 16.9 Å². The maximum Gasteiger partial charge on any atom is 0.147 e. The Bertz CT molecular complexity index is 704. The Balaban J connectivity index is 1.90. The lowest BCUT2D eigenvalue weighted by Crippen LogP contribution is -2.37. The zero-order valence-corrected chi connectivity index (χ0v) is 12.7. The third-order valence-corrected chi connectivity index (χ3v) is 4.32. The van der Waals surface area contributed by atoms with E-state index in [0.29, 0.717) is 12.3 Å². The fraction of sp³-hybridized carbons (Fsp3) is 0.438. The molecule has 0 unspecified atom stereocenters. The number of nitrogen functional groups attached to an aromatic ring is 1. The van der Waals surface area contributed by atoms with E-state index in [1.807, 2.05) is 30.2 Å². The van der Waals surface area contributed by atoms with Crippen molar-refractivity contribution in [1.29, 1.82) is 0 Å². The zero-order chi connectivity index (χ0) is 15.1. The molecule has 116 valence electrons. The molecule has 1 aromatic carbocycles. The van der Waals surface area contributed by atoms with Crippen LogP contribution >= 0.6 is 0 Å². The predicted octanol–water partition coefficient (Wildman–Crippen LogP) is 1.44. The zero-order valence-electron chi connectivity index (χ0n) is 12.7. The monoisotopic (exact) mass is 300 g/mol. The van der Waals surface area contributed by atoms with Crippen LogP contribution in [0.4, 0.5) is 11.4 Å². The van der Waals surface area contributed by atoms with Gasteiger partial charge >= 0.3 is 0 Å². The van der Waals surface area contributed by atoms with Crippen LogP contribution in [0.5, 0.6) is 5.75 Å². The quantitative estimate of drug-likeness (QED) is 0.850. The summed E-state index contributed by atoms with van der Waals surface area (Å²) in [5.41, 5.74) is 11.6. The number of hydrogen-bond donors (Lipinski definition) is 1. The summed E-state index contributed by atoms with van der Waals surface area (Å²) in [5, 5.41) is 4.30. The largest absolute Gasteiger partial charge is 0.491 e. The third kappa shape index (κ3) is 2.11. The molecule has 0 bridgehead atoms. The van der Waals surface area contributed by atoms with Gasteiger partial charge in [0.25, 0.3) is 0 Å². The van der Waals surface area contributed by atoms with Crippen LogP contribution < -0.4 is 15.4 Å². The number of nitrogens with zero attached hydrogens (tertiary/aromatic N) is 3. The maximum absolute atomic E-state index is 6.22. The number of fused-ring (bicyclic) bond motifs is 1. The minimum absolute atomic E-state index is 0.702. The number of aromatic nitrogens is 2. The Morgan fingerprint density at radius 3 is 2.77 bits per heavy atom. The van der Waals surface area contributed by atoms with E-state index in [2.05, 4.69) is 10.00 Å². The van der Waals surface area contributed by atoms with Crippen LogP contribution in [0.15, 0.2) is 18.5 Å². The Morgan fingerprint density at radius 1 is 1.23 bits per heavy atom. The second-order valence-electron chi connectivity index (χ2n) is 5.77. The highest BCUT2D eigenvalue weighted by Crippen LogP contribution is 2.45. The van der Waals surface area contributed by atoms with Gasteiger partial charge in [-0.1, -0.05) is 0 Å². The molecule has 2 N–H and O–H groups in total. The highest BCUT2D eigenvalue weighted by molar-refractivity contribution is 5.87. The Kier molecular flexibility index (Phi) is 3.18. The molecule has 0 saturated carbocycles. The molecule has 2 aromatic rings. The van der Waals surface area contributed by atoms with E-state index in [1.54, 1.807) is 0 Å². The van der Waals surface area contributed by atoms with Gasteiger partial charge in [0.1, 0.15) is 5.75 Å². The van der Waals surface area contributed by atoms with Crippen LogP contribution in [0, 0.1) is 0 Å². The summed E-state index contributed by atoms with van der Waals surface area (Å²) < 4.78 is 13.1. The molecule has 0 aliphatic carbocycles. The van der Waals surface area contributed by atoms with Gasteiger partial charge in [0, 0.05) is 49.4 Å². The highest BCUT2D eigenvalue weighted by Gasteiger charge is 2.27. The summed E-state index contributed by atoms with van der Waals surface area (Å²) in [5.74, 6) is 0.856. The van der Waals surface area contributed by atoms with Gasteiger partial charge in [-0.25, -0.2) is 0 Å². The number of morpholine rings is 1. The summed E-state index contributed by atoms with van der Waals surface area (Å²) in [7, 11) is 1.93. The lowest BCUT2D eigenvalue weighted by molar-refractivity contribution is 0.122. The fourth-order valence-electron chi connectivity index (χ4n) is 3.32. The van der Waals surface area contributed by atoms with Crippen molar-refractivity contribution in [2.45, 2.75) is 6.42 Å². The topological polar surface area (TPSA) is 65.5 Å². The number of anilines is 2. The molecule has 0 spiro atoms. The van der Waals surface area contributed by atoms with Gasteiger partial charge in [-0.05, 0) is 6.07 Å². The van der Waals surface area contributed by atoms with E-state index in [0.717, 1.165) is 49.6 Å². The van der Waals surface area contributed by atoms with Gasteiger partial charge in [0.2, 0.25) is 0 Å². The van der Waals surface area contributed by atoms with Gasteiger partial charge in [-0.15, -0.1) is 0 Å². The SMILES string of the molecule is Cn1cc(-c2cc(N)c3c(c2N2CCOCC2)CCO3)cn1. The van der Waals surface area contributed by atoms with Crippen molar-refractivity contribution in [3.63, 3.8) is 0 Å². The molecule has 0 amide bonds. The smallest absolute Gasteiger partial charge is 0.147 e. The van der Waals surface area contributed by atoms with Crippen molar-refractivity contribution in [3.05, 3.63) is 24.0 Å². The first kappa shape index (κ1) is 13.5. The van der Waals surface area contributed by atoms with E-state index < -0.39 is 0 Å². The normalized spacial score (nSPS) is 17.4. The molecule has 6 heteroatoms. The van der Waals surface area contributed by atoms with E-state index in [9.17, 15) is 0 Å². The van der Waals surface area contributed by atoms with Crippen LogP contribution in [0.25, 0.3) is 11.1 Å². The summed E-state index contributed by atoms with van der Waals surface area (Å²) in [6, 6.07) is 2.02. The van der Waals surface area contributed by atoms with E-state index in [-0.39, 0.29) is 0 Å². The Morgan fingerprint density at radius 2 is 2.05 bits per heavy atom. The first-order chi connectivity index (χ1) is 10.7. The summed E-state index contributed by atoms with van der Waals surface area (Å²) in [6.07, 6.45) is 4.82. The van der Waals surface area contributed by atoms with Gasteiger partial charge in [-0.2, -0.15) is 5.10 Å². The summed E-state index contributed by atoms with van der Waals surface area (Å²) in [6.45, 7) is 4.00. The Hall–Kier alpha value is -2.21. The molecular weight excluding hydrogens is 280 g/mol. The molecule has 6 nitrogen and oxygen atoms in total. The average molecular weight is 300 g/mol. The summed E-state index contributed by atoms with van der Waals surface area (Å²) >= 11 is 0. The third-order valence-electron chi connectivity index (χ3n) is 4.32. The van der Waals surface area contributed by atoms with Gasteiger partial charge in [0.05, 0.1) is 37.4 Å². The molecule has 1 saturated heterocycles. The van der Waals surface area contributed by atoms with Crippen LogP contribution in [-0.2, 0) is 18.2 Å². The second-order valence-corrected chi connectivity index (χ2v) is 5.77.